The number of carbonyl (C=O) groups is 2. The molecule has 3 amide bonds. The summed E-state index contributed by atoms with van der Waals surface area (Å²) >= 11 is 1.66. The van der Waals surface area contributed by atoms with Gasteiger partial charge in [0.1, 0.15) is 0 Å². The van der Waals surface area contributed by atoms with Gasteiger partial charge in [-0.25, -0.2) is 4.79 Å². The highest BCUT2D eigenvalue weighted by molar-refractivity contribution is 7.07. The lowest BCUT2D eigenvalue weighted by atomic mass is 10.1. The van der Waals surface area contributed by atoms with Crippen LogP contribution in [0, 0.1) is 0 Å². The van der Waals surface area contributed by atoms with E-state index in [0.717, 1.165) is 19.4 Å². The van der Waals surface area contributed by atoms with E-state index in [4.69, 9.17) is 9.47 Å². The summed E-state index contributed by atoms with van der Waals surface area (Å²) in [5, 5.41) is 9.20. The minimum absolute atomic E-state index is 0.171. The first kappa shape index (κ1) is 16.9. The van der Waals surface area contributed by atoms with Crippen LogP contribution in [0.25, 0.3) is 0 Å². The predicted octanol–water partition coefficient (Wildman–Crippen LogP) is 2.96. The Hall–Kier alpha value is -2.58. The Morgan fingerprint density at radius 1 is 1.23 bits per heavy atom. The molecule has 8 heteroatoms. The molecule has 0 aliphatic carbocycles. The highest BCUT2D eigenvalue weighted by atomic mass is 32.1. The van der Waals surface area contributed by atoms with E-state index in [9.17, 15) is 9.59 Å². The number of rotatable bonds is 4. The fraction of sp³-hybridized carbons (Fsp3) is 0.333. The Kier molecular flexibility index (Phi) is 4.77. The van der Waals surface area contributed by atoms with E-state index in [2.05, 4.69) is 27.0 Å². The maximum Gasteiger partial charge on any atom is 0.325 e. The summed E-state index contributed by atoms with van der Waals surface area (Å²) in [7, 11) is 0. The van der Waals surface area contributed by atoms with Crippen LogP contribution in [0.2, 0.25) is 0 Å². The van der Waals surface area contributed by atoms with Gasteiger partial charge < -0.3 is 14.8 Å². The molecule has 2 aliphatic rings. The van der Waals surface area contributed by atoms with Crippen LogP contribution in [0.15, 0.2) is 35.0 Å². The number of amides is 3. The van der Waals surface area contributed by atoms with Gasteiger partial charge in [0, 0.05) is 17.8 Å². The number of benzene rings is 1. The Labute approximate surface area is 154 Å². The quantitative estimate of drug-likeness (QED) is 0.861. The molecule has 3 heterocycles. The molecule has 0 spiro atoms. The number of thiophene rings is 1. The van der Waals surface area contributed by atoms with Crippen LogP contribution in [-0.4, -0.2) is 36.7 Å². The van der Waals surface area contributed by atoms with Crippen molar-refractivity contribution in [2.75, 3.05) is 25.2 Å². The van der Waals surface area contributed by atoms with E-state index in [1.165, 1.54) is 5.56 Å². The van der Waals surface area contributed by atoms with Crippen molar-refractivity contribution >= 4 is 29.0 Å². The largest absolute Gasteiger partial charge is 0.454 e. The number of nitrogens with one attached hydrogen (secondary N) is 2. The monoisotopic (exact) mass is 373 g/mol. The smallest absolute Gasteiger partial charge is 0.325 e. The molecule has 2 aliphatic heterocycles. The normalized spacial score (nSPS) is 18.7. The van der Waals surface area contributed by atoms with E-state index >= 15 is 0 Å². The van der Waals surface area contributed by atoms with Gasteiger partial charge >= 0.3 is 6.03 Å². The third-order valence-corrected chi connectivity index (χ3v) is 5.22. The number of hydrogen-bond donors (Lipinski definition) is 2. The van der Waals surface area contributed by atoms with Crippen molar-refractivity contribution in [2.45, 2.75) is 18.9 Å². The number of anilines is 1. The standard InChI is InChI=1S/C18H19N3O4S/c22-17(9-21-6-1-2-14(21)12-5-7-26-10-12)20-18(23)19-13-3-4-15-16(8-13)25-11-24-15/h3-5,7-8,10,14H,1-2,6,9,11H2,(H2,19,20,22,23). The molecule has 136 valence electrons. The fourth-order valence-corrected chi connectivity index (χ4v) is 4.05. The van der Waals surface area contributed by atoms with Crippen molar-refractivity contribution in [3.05, 3.63) is 40.6 Å². The molecule has 0 bridgehead atoms. The van der Waals surface area contributed by atoms with Crippen LogP contribution in [-0.2, 0) is 4.79 Å². The molecule has 1 aromatic heterocycles. The van der Waals surface area contributed by atoms with Crippen molar-refractivity contribution in [3.63, 3.8) is 0 Å². The molecule has 2 aromatic rings. The zero-order valence-electron chi connectivity index (χ0n) is 14.1. The van der Waals surface area contributed by atoms with E-state index in [-0.39, 0.29) is 25.3 Å². The molecular formula is C18H19N3O4S. The van der Waals surface area contributed by atoms with Crippen LogP contribution < -0.4 is 20.1 Å². The number of urea groups is 1. The molecule has 26 heavy (non-hydrogen) atoms. The molecule has 4 rings (SSSR count). The Bertz CT molecular complexity index is 809. The van der Waals surface area contributed by atoms with Gasteiger partial charge in [0.15, 0.2) is 11.5 Å². The third kappa shape index (κ3) is 3.66. The Balaban J connectivity index is 1.31. The molecule has 1 unspecified atom stereocenters. The van der Waals surface area contributed by atoms with Crippen molar-refractivity contribution in [2.24, 2.45) is 0 Å². The lowest BCUT2D eigenvalue weighted by Crippen LogP contribution is -2.41. The first-order valence-corrected chi connectivity index (χ1v) is 9.40. The van der Waals surface area contributed by atoms with Crippen molar-refractivity contribution in [1.29, 1.82) is 0 Å². The highest BCUT2D eigenvalue weighted by Crippen LogP contribution is 2.34. The SMILES string of the molecule is O=C(CN1CCCC1c1ccsc1)NC(=O)Nc1ccc2c(c1)OCO2. The second-order valence-electron chi connectivity index (χ2n) is 6.26. The molecule has 1 atom stereocenters. The van der Waals surface area contributed by atoms with E-state index in [1.807, 2.05) is 5.38 Å². The number of hydrogen-bond acceptors (Lipinski definition) is 6. The summed E-state index contributed by atoms with van der Waals surface area (Å²) in [4.78, 5) is 26.4. The molecule has 0 radical (unpaired) electrons. The van der Waals surface area contributed by atoms with Gasteiger partial charge in [-0.1, -0.05) is 0 Å². The number of imide groups is 1. The van der Waals surface area contributed by atoms with Gasteiger partial charge in [-0.2, -0.15) is 11.3 Å². The van der Waals surface area contributed by atoms with Crippen LogP contribution in [0.3, 0.4) is 0 Å². The first-order valence-electron chi connectivity index (χ1n) is 8.46. The molecular weight excluding hydrogens is 354 g/mol. The summed E-state index contributed by atoms with van der Waals surface area (Å²) in [5.41, 5.74) is 1.78. The van der Waals surface area contributed by atoms with Gasteiger partial charge in [0.25, 0.3) is 0 Å². The minimum Gasteiger partial charge on any atom is -0.454 e. The molecule has 7 nitrogen and oxygen atoms in total. The molecule has 1 aromatic carbocycles. The molecule has 1 saturated heterocycles. The molecule has 2 N–H and O–H groups in total. The second-order valence-corrected chi connectivity index (χ2v) is 7.04. The van der Waals surface area contributed by atoms with E-state index in [1.54, 1.807) is 29.5 Å². The molecule has 0 saturated carbocycles. The van der Waals surface area contributed by atoms with Gasteiger partial charge in [-0.15, -0.1) is 0 Å². The van der Waals surface area contributed by atoms with E-state index in [0.29, 0.717) is 17.2 Å². The maximum absolute atomic E-state index is 12.2. The van der Waals surface area contributed by atoms with E-state index < -0.39 is 6.03 Å². The summed E-state index contributed by atoms with van der Waals surface area (Å²) in [6, 6.07) is 6.88. The average molecular weight is 373 g/mol. The fourth-order valence-electron chi connectivity index (χ4n) is 3.34. The van der Waals surface area contributed by atoms with Crippen molar-refractivity contribution in [3.8, 4) is 11.5 Å². The first-order chi connectivity index (χ1) is 12.7. The summed E-state index contributed by atoms with van der Waals surface area (Å²) < 4.78 is 10.5. The number of fused-ring (bicyclic) bond motifs is 1. The van der Waals surface area contributed by atoms with Gasteiger partial charge in [-0.3, -0.25) is 15.0 Å². The zero-order valence-corrected chi connectivity index (χ0v) is 14.9. The van der Waals surface area contributed by atoms with Gasteiger partial charge in [0.05, 0.1) is 6.54 Å². The Morgan fingerprint density at radius 3 is 2.96 bits per heavy atom. The lowest BCUT2D eigenvalue weighted by molar-refractivity contribution is -0.121. The number of carbonyl (C=O) groups excluding carboxylic acids is 2. The summed E-state index contributed by atoms with van der Waals surface area (Å²) in [5.74, 6) is 0.899. The van der Waals surface area contributed by atoms with Crippen molar-refractivity contribution in [1.82, 2.24) is 10.2 Å². The summed E-state index contributed by atoms with van der Waals surface area (Å²) in [6.07, 6.45) is 2.09. The zero-order chi connectivity index (χ0) is 17.9. The van der Waals surface area contributed by atoms with Crippen LogP contribution >= 0.6 is 11.3 Å². The topological polar surface area (TPSA) is 79.9 Å². The maximum atomic E-state index is 12.2. The van der Waals surface area contributed by atoms with Crippen LogP contribution in [0.1, 0.15) is 24.4 Å². The molecule has 1 fully saturated rings. The van der Waals surface area contributed by atoms with Gasteiger partial charge in [-0.05, 0) is 53.9 Å². The number of nitrogens with zero attached hydrogens (tertiary/aromatic N) is 1. The summed E-state index contributed by atoms with van der Waals surface area (Å²) in [6.45, 7) is 1.23. The number of ether oxygens (including phenoxy) is 2. The predicted molar refractivity (Wildman–Crippen MR) is 97.6 cm³/mol. The Morgan fingerprint density at radius 2 is 2.12 bits per heavy atom. The minimum atomic E-state index is -0.555. The number of likely N-dealkylation sites (tertiary alicyclic amines) is 1. The third-order valence-electron chi connectivity index (χ3n) is 4.52. The average Bonchev–Trinajstić information content (AvgIpc) is 3.35. The second kappa shape index (κ2) is 7.35. The van der Waals surface area contributed by atoms with Gasteiger partial charge in [0.2, 0.25) is 12.7 Å². The van der Waals surface area contributed by atoms with Crippen LogP contribution in [0.4, 0.5) is 10.5 Å². The highest BCUT2D eigenvalue weighted by Gasteiger charge is 2.28. The lowest BCUT2D eigenvalue weighted by Gasteiger charge is -2.23. The van der Waals surface area contributed by atoms with Crippen LogP contribution in [0.5, 0.6) is 11.5 Å². The van der Waals surface area contributed by atoms with Crippen molar-refractivity contribution < 1.29 is 19.1 Å².